The van der Waals surface area contributed by atoms with Crippen LogP contribution in [0.25, 0.3) is 0 Å². The maximum absolute atomic E-state index is 12.7. The van der Waals surface area contributed by atoms with Crippen molar-refractivity contribution in [1.29, 1.82) is 0 Å². The van der Waals surface area contributed by atoms with Gasteiger partial charge in [0.25, 0.3) is 5.91 Å². The summed E-state index contributed by atoms with van der Waals surface area (Å²) in [4.78, 5) is 26.6. The minimum Gasteiger partial charge on any atom is -0.479 e. The van der Waals surface area contributed by atoms with Crippen LogP contribution >= 0.6 is 23.2 Å². The number of ether oxygens (including phenoxy) is 1. The molecule has 154 valence electrons. The predicted octanol–water partition coefficient (Wildman–Crippen LogP) is 4.57. The zero-order chi connectivity index (χ0) is 20.8. The lowest BCUT2D eigenvalue weighted by atomic mass is 10.0. The number of rotatable bonds is 5. The fraction of sp³-hybridized carbons (Fsp3) is 0.333. The molecule has 2 aromatic rings. The first-order valence-electron chi connectivity index (χ1n) is 9.45. The van der Waals surface area contributed by atoms with E-state index in [0.29, 0.717) is 41.7 Å². The van der Waals surface area contributed by atoms with Gasteiger partial charge < -0.3 is 20.3 Å². The first-order chi connectivity index (χ1) is 13.9. The summed E-state index contributed by atoms with van der Waals surface area (Å²) in [5.41, 5.74) is 0.740. The first-order valence-corrected chi connectivity index (χ1v) is 10.2. The molecule has 2 N–H and O–H groups in total. The van der Waals surface area contributed by atoms with E-state index in [4.69, 9.17) is 27.9 Å². The van der Waals surface area contributed by atoms with E-state index in [1.807, 2.05) is 30.3 Å². The standard InChI is InChI=1S/C21H23Cl2N3O3/c1-14(29-19-8-7-15(22)13-18(19)23)20(27)26-11-9-17(10-12-26)25-21(28)24-16-5-3-2-4-6-16/h2-8,13-14,17H,9-12H2,1H3,(H2,24,25,28). The molecule has 0 bridgehead atoms. The number of nitrogens with zero attached hydrogens (tertiary/aromatic N) is 1. The van der Waals surface area contributed by atoms with Crippen LogP contribution in [0.5, 0.6) is 5.75 Å². The van der Waals surface area contributed by atoms with E-state index in [0.717, 1.165) is 5.69 Å². The molecular weight excluding hydrogens is 413 g/mol. The third kappa shape index (κ3) is 6.02. The van der Waals surface area contributed by atoms with Gasteiger partial charge in [0.1, 0.15) is 5.75 Å². The van der Waals surface area contributed by atoms with Crippen LogP contribution in [0.3, 0.4) is 0 Å². The molecule has 1 unspecified atom stereocenters. The van der Waals surface area contributed by atoms with Gasteiger partial charge in [-0.2, -0.15) is 0 Å². The Morgan fingerprint density at radius 2 is 1.79 bits per heavy atom. The summed E-state index contributed by atoms with van der Waals surface area (Å²) in [7, 11) is 0. The number of carbonyl (C=O) groups excluding carboxylic acids is 2. The monoisotopic (exact) mass is 435 g/mol. The van der Waals surface area contributed by atoms with Crippen molar-refractivity contribution in [3.05, 3.63) is 58.6 Å². The SMILES string of the molecule is CC(Oc1ccc(Cl)cc1Cl)C(=O)N1CCC(NC(=O)Nc2ccccc2)CC1. The van der Waals surface area contributed by atoms with Crippen molar-refractivity contribution < 1.29 is 14.3 Å². The fourth-order valence-corrected chi connectivity index (χ4v) is 3.64. The van der Waals surface area contributed by atoms with Crippen molar-refractivity contribution in [2.24, 2.45) is 0 Å². The number of hydrogen-bond donors (Lipinski definition) is 2. The molecule has 2 aromatic carbocycles. The zero-order valence-corrected chi connectivity index (χ0v) is 17.5. The first kappa shape index (κ1) is 21.3. The summed E-state index contributed by atoms with van der Waals surface area (Å²) < 4.78 is 5.71. The van der Waals surface area contributed by atoms with Gasteiger partial charge in [0.2, 0.25) is 0 Å². The minimum absolute atomic E-state index is 0.0182. The second kappa shape index (κ2) is 9.85. The number of benzene rings is 2. The van der Waals surface area contributed by atoms with Crippen molar-refractivity contribution in [1.82, 2.24) is 10.2 Å². The molecule has 8 heteroatoms. The van der Waals surface area contributed by atoms with Crippen LogP contribution in [0.15, 0.2) is 48.5 Å². The predicted molar refractivity (Wildman–Crippen MR) is 115 cm³/mol. The molecule has 3 amide bonds. The third-order valence-electron chi connectivity index (χ3n) is 4.72. The van der Waals surface area contributed by atoms with Gasteiger partial charge in [0.05, 0.1) is 5.02 Å². The summed E-state index contributed by atoms with van der Waals surface area (Å²) in [6.45, 7) is 2.80. The molecule has 0 saturated carbocycles. The third-order valence-corrected chi connectivity index (χ3v) is 5.25. The quantitative estimate of drug-likeness (QED) is 0.721. The lowest BCUT2D eigenvalue weighted by Crippen LogP contribution is -2.50. The average Bonchev–Trinajstić information content (AvgIpc) is 2.70. The van der Waals surface area contributed by atoms with Crippen LogP contribution in [0.2, 0.25) is 10.0 Å². The molecule has 0 spiro atoms. The van der Waals surface area contributed by atoms with E-state index in [9.17, 15) is 9.59 Å². The lowest BCUT2D eigenvalue weighted by Gasteiger charge is -2.33. The van der Waals surface area contributed by atoms with Crippen LogP contribution in [0.1, 0.15) is 19.8 Å². The number of piperidine rings is 1. The van der Waals surface area contributed by atoms with Gasteiger partial charge in [0, 0.05) is 29.8 Å². The number of hydrogen-bond acceptors (Lipinski definition) is 3. The molecule has 0 aromatic heterocycles. The molecule has 6 nitrogen and oxygen atoms in total. The van der Waals surface area contributed by atoms with E-state index >= 15 is 0 Å². The van der Waals surface area contributed by atoms with Crippen molar-refractivity contribution in [3.8, 4) is 5.75 Å². The summed E-state index contributed by atoms with van der Waals surface area (Å²) in [6, 6.07) is 13.9. The highest BCUT2D eigenvalue weighted by Gasteiger charge is 2.28. The lowest BCUT2D eigenvalue weighted by molar-refractivity contribution is -0.139. The van der Waals surface area contributed by atoms with Crippen LogP contribution in [0.4, 0.5) is 10.5 Å². The number of amides is 3. The van der Waals surface area contributed by atoms with Crippen LogP contribution in [-0.2, 0) is 4.79 Å². The highest BCUT2D eigenvalue weighted by molar-refractivity contribution is 6.35. The number of nitrogens with one attached hydrogen (secondary N) is 2. The number of para-hydroxylation sites is 1. The molecular formula is C21H23Cl2N3O3. The Hall–Kier alpha value is -2.44. The number of likely N-dealkylation sites (tertiary alicyclic amines) is 1. The molecule has 1 aliphatic heterocycles. The van der Waals surface area contributed by atoms with Gasteiger partial charge in [-0.3, -0.25) is 4.79 Å². The molecule has 1 saturated heterocycles. The normalized spacial score (nSPS) is 15.5. The molecule has 0 radical (unpaired) electrons. The Morgan fingerprint density at radius 3 is 2.45 bits per heavy atom. The average molecular weight is 436 g/mol. The number of carbonyl (C=O) groups is 2. The number of halogens is 2. The van der Waals surface area contributed by atoms with Crippen molar-refractivity contribution in [3.63, 3.8) is 0 Å². The van der Waals surface area contributed by atoms with Crippen LogP contribution in [0, 0.1) is 0 Å². The van der Waals surface area contributed by atoms with Gasteiger partial charge in [-0.05, 0) is 50.1 Å². The van der Waals surface area contributed by atoms with E-state index in [1.165, 1.54) is 0 Å². The smallest absolute Gasteiger partial charge is 0.319 e. The Kier molecular flexibility index (Phi) is 7.23. The van der Waals surface area contributed by atoms with E-state index in [-0.39, 0.29) is 18.0 Å². The Morgan fingerprint density at radius 1 is 1.10 bits per heavy atom. The molecule has 1 aliphatic rings. The second-order valence-electron chi connectivity index (χ2n) is 6.90. The molecule has 0 aliphatic carbocycles. The maximum atomic E-state index is 12.7. The summed E-state index contributed by atoms with van der Waals surface area (Å²) in [5.74, 6) is 0.314. The van der Waals surface area contributed by atoms with Crippen LogP contribution in [-0.4, -0.2) is 42.1 Å². The number of urea groups is 1. The Bertz CT molecular complexity index is 856. The topological polar surface area (TPSA) is 70.7 Å². The summed E-state index contributed by atoms with van der Waals surface area (Å²) >= 11 is 12.0. The summed E-state index contributed by atoms with van der Waals surface area (Å²) in [6.07, 6.45) is 0.699. The Labute approximate surface area is 180 Å². The minimum atomic E-state index is -0.667. The largest absolute Gasteiger partial charge is 0.479 e. The zero-order valence-electron chi connectivity index (χ0n) is 16.0. The van der Waals surface area contributed by atoms with Gasteiger partial charge in [0.15, 0.2) is 6.10 Å². The van der Waals surface area contributed by atoms with E-state index < -0.39 is 6.10 Å². The number of anilines is 1. The molecule has 1 fully saturated rings. The van der Waals surface area contributed by atoms with Gasteiger partial charge >= 0.3 is 6.03 Å². The molecule has 1 heterocycles. The van der Waals surface area contributed by atoms with Gasteiger partial charge in [-0.25, -0.2) is 4.79 Å². The fourth-order valence-electron chi connectivity index (χ4n) is 3.19. The van der Waals surface area contributed by atoms with Gasteiger partial charge in [-0.1, -0.05) is 41.4 Å². The highest BCUT2D eigenvalue weighted by atomic mass is 35.5. The Balaban J connectivity index is 1.45. The highest BCUT2D eigenvalue weighted by Crippen LogP contribution is 2.28. The maximum Gasteiger partial charge on any atom is 0.319 e. The molecule has 1 atom stereocenters. The van der Waals surface area contributed by atoms with Crippen LogP contribution < -0.4 is 15.4 Å². The molecule has 29 heavy (non-hydrogen) atoms. The van der Waals surface area contributed by atoms with Crippen molar-refractivity contribution in [2.75, 3.05) is 18.4 Å². The van der Waals surface area contributed by atoms with E-state index in [2.05, 4.69) is 10.6 Å². The van der Waals surface area contributed by atoms with Crippen molar-refractivity contribution >= 4 is 40.8 Å². The summed E-state index contributed by atoms with van der Waals surface area (Å²) in [5, 5.41) is 6.64. The second-order valence-corrected chi connectivity index (χ2v) is 7.74. The van der Waals surface area contributed by atoms with Crippen molar-refractivity contribution in [2.45, 2.75) is 31.9 Å². The van der Waals surface area contributed by atoms with E-state index in [1.54, 1.807) is 30.0 Å². The van der Waals surface area contributed by atoms with Gasteiger partial charge in [-0.15, -0.1) is 0 Å². The molecule has 3 rings (SSSR count).